The van der Waals surface area contributed by atoms with Crippen molar-refractivity contribution >= 4 is 40.9 Å². The number of amides is 1. The van der Waals surface area contributed by atoms with Crippen LogP contribution in [0.1, 0.15) is 17.5 Å². The van der Waals surface area contributed by atoms with Crippen LogP contribution >= 0.6 is 23.4 Å². The van der Waals surface area contributed by atoms with Gasteiger partial charge in [0, 0.05) is 17.9 Å². The number of carbonyl (C=O) groups is 2. The first-order valence-electron chi connectivity index (χ1n) is 7.98. The van der Waals surface area contributed by atoms with Crippen molar-refractivity contribution in [2.24, 2.45) is 0 Å². The highest BCUT2D eigenvalue weighted by molar-refractivity contribution is 7.99. The molecule has 2 rings (SSSR count). The zero-order valence-corrected chi connectivity index (χ0v) is 15.9. The van der Waals surface area contributed by atoms with Gasteiger partial charge in [0.25, 0.3) is 0 Å². The van der Waals surface area contributed by atoms with Crippen LogP contribution in [-0.4, -0.2) is 29.8 Å². The third-order valence-electron chi connectivity index (χ3n) is 3.56. The summed E-state index contributed by atoms with van der Waals surface area (Å²) in [5, 5.41) is 12.1. The highest BCUT2D eigenvalue weighted by Crippen LogP contribution is 2.25. The number of carbonyl (C=O) groups excluding carboxylic acids is 1. The van der Waals surface area contributed by atoms with Crippen molar-refractivity contribution in [3.8, 4) is 5.75 Å². The molecule has 0 saturated carbocycles. The van der Waals surface area contributed by atoms with E-state index in [1.807, 2.05) is 30.3 Å². The summed E-state index contributed by atoms with van der Waals surface area (Å²) >= 11 is 7.41. The van der Waals surface area contributed by atoms with E-state index < -0.39 is 5.97 Å². The molecule has 138 valence electrons. The van der Waals surface area contributed by atoms with Gasteiger partial charge < -0.3 is 15.2 Å². The second-order valence-electron chi connectivity index (χ2n) is 5.60. The van der Waals surface area contributed by atoms with E-state index in [1.54, 1.807) is 19.2 Å². The fourth-order valence-electron chi connectivity index (χ4n) is 2.34. The number of hydrogen-bond donors (Lipinski definition) is 2. The van der Waals surface area contributed by atoms with Gasteiger partial charge in [-0.05, 0) is 41.8 Å². The van der Waals surface area contributed by atoms with Crippen molar-refractivity contribution in [3.63, 3.8) is 0 Å². The largest absolute Gasteiger partial charge is 0.495 e. The lowest BCUT2D eigenvalue weighted by Crippen LogP contribution is -2.12. The Hall–Kier alpha value is -2.18. The molecule has 0 radical (unpaired) electrons. The Morgan fingerprint density at radius 2 is 2.00 bits per heavy atom. The van der Waals surface area contributed by atoms with Gasteiger partial charge in [-0.2, -0.15) is 0 Å². The average Bonchev–Trinajstić information content (AvgIpc) is 2.60. The fraction of sp³-hybridized carbons (Fsp3) is 0.263. The summed E-state index contributed by atoms with van der Waals surface area (Å²) in [5.74, 6) is 0.323. The first-order valence-corrected chi connectivity index (χ1v) is 9.52. The zero-order chi connectivity index (χ0) is 18.9. The number of hydrogen-bond acceptors (Lipinski definition) is 4. The van der Waals surface area contributed by atoms with Gasteiger partial charge in [-0.15, -0.1) is 11.8 Å². The van der Waals surface area contributed by atoms with Crippen molar-refractivity contribution in [2.45, 2.75) is 18.6 Å². The van der Waals surface area contributed by atoms with Crippen LogP contribution in [-0.2, 0) is 21.8 Å². The Labute approximate surface area is 161 Å². The number of aryl methyl sites for hydroxylation is 1. The predicted octanol–water partition coefficient (Wildman–Crippen LogP) is 4.24. The van der Waals surface area contributed by atoms with Crippen LogP contribution in [0.5, 0.6) is 5.75 Å². The summed E-state index contributed by atoms with van der Waals surface area (Å²) in [7, 11) is 1.56. The second-order valence-corrected chi connectivity index (χ2v) is 7.00. The lowest BCUT2D eigenvalue weighted by molar-refractivity contribution is -0.133. The Morgan fingerprint density at radius 1 is 1.19 bits per heavy atom. The molecule has 0 aliphatic rings. The molecule has 2 aromatic carbocycles. The van der Waals surface area contributed by atoms with Gasteiger partial charge in [-0.1, -0.05) is 29.8 Å². The van der Waals surface area contributed by atoms with E-state index in [0.29, 0.717) is 35.1 Å². The minimum Gasteiger partial charge on any atom is -0.495 e. The molecule has 0 fully saturated rings. The minimum atomic E-state index is -0.835. The lowest BCUT2D eigenvalue weighted by atomic mass is 10.1. The predicted molar refractivity (Wildman–Crippen MR) is 105 cm³/mol. The van der Waals surface area contributed by atoms with Crippen LogP contribution in [0.15, 0.2) is 42.5 Å². The molecule has 0 aliphatic carbocycles. The first kappa shape index (κ1) is 20.1. The van der Waals surface area contributed by atoms with Crippen LogP contribution in [0.4, 0.5) is 5.69 Å². The van der Waals surface area contributed by atoms with Crippen molar-refractivity contribution in [1.82, 2.24) is 0 Å². The average molecular weight is 394 g/mol. The van der Waals surface area contributed by atoms with Gasteiger partial charge in [0.05, 0.1) is 17.9 Å². The molecule has 0 aliphatic heterocycles. The molecule has 0 bridgehead atoms. The smallest absolute Gasteiger partial charge is 0.313 e. The summed E-state index contributed by atoms with van der Waals surface area (Å²) < 4.78 is 5.11. The number of ether oxygens (including phenoxy) is 1. The fourth-order valence-corrected chi connectivity index (χ4v) is 3.31. The normalized spacial score (nSPS) is 10.4. The molecule has 2 aromatic rings. The van der Waals surface area contributed by atoms with E-state index in [0.717, 1.165) is 11.1 Å². The SMILES string of the molecule is COc1ccc(CCC(=O)Nc2cccc(CSCC(=O)O)c2)cc1Cl. The molecule has 0 atom stereocenters. The quantitative estimate of drug-likeness (QED) is 0.666. The van der Waals surface area contributed by atoms with Gasteiger partial charge in [-0.25, -0.2) is 0 Å². The second kappa shape index (κ2) is 10.1. The number of halogens is 1. The Morgan fingerprint density at radius 3 is 2.69 bits per heavy atom. The maximum atomic E-state index is 12.2. The zero-order valence-electron chi connectivity index (χ0n) is 14.3. The van der Waals surface area contributed by atoms with Crippen molar-refractivity contribution in [3.05, 3.63) is 58.6 Å². The molecule has 26 heavy (non-hydrogen) atoms. The molecule has 5 nitrogen and oxygen atoms in total. The number of benzene rings is 2. The molecule has 1 amide bonds. The maximum absolute atomic E-state index is 12.2. The summed E-state index contributed by atoms with van der Waals surface area (Å²) in [5.41, 5.74) is 2.64. The number of anilines is 1. The monoisotopic (exact) mass is 393 g/mol. The molecular weight excluding hydrogens is 374 g/mol. The molecule has 2 N–H and O–H groups in total. The van der Waals surface area contributed by atoms with Gasteiger partial charge in [-0.3, -0.25) is 9.59 Å². The summed E-state index contributed by atoms with van der Waals surface area (Å²) in [6.07, 6.45) is 0.907. The highest BCUT2D eigenvalue weighted by atomic mass is 35.5. The number of methoxy groups -OCH3 is 1. The molecule has 0 spiro atoms. The van der Waals surface area contributed by atoms with E-state index in [9.17, 15) is 9.59 Å². The van der Waals surface area contributed by atoms with Crippen molar-refractivity contribution in [1.29, 1.82) is 0 Å². The van der Waals surface area contributed by atoms with Crippen molar-refractivity contribution < 1.29 is 19.4 Å². The van der Waals surface area contributed by atoms with Crippen LogP contribution in [0.25, 0.3) is 0 Å². The molecule has 0 unspecified atom stereocenters. The summed E-state index contributed by atoms with van der Waals surface area (Å²) in [6.45, 7) is 0. The highest BCUT2D eigenvalue weighted by Gasteiger charge is 2.07. The first-order chi connectivity index (χ1) is 12.5. The van der Waals surface area contributed by atoms with E-state index in [-0.39, 0.29) is 11.7 Å². The summed E-state index contributed by atoms with van der Waals surface area (Å²) in [4.78, 5) is 22.7. The maximum Gasteiger partial charge on any atom is 0.313 e. The third kappa shape index (κ3) is 6.61. The molecule has 7 heteroatoms. The Balaban J connectivity index is 1.85. The lowest BCUT2D eigenvalue weighted by Gasteiger charge is -2.08. The molecule has 0 aromatic heterocycles. The number of aliphatic carboxylic acids is 1. The van der Waals surface area contributed by atoms with Crippen LogP contribution < -0.4 is 10.1 Å². The van der Waals surface area contributed by atoms with E-state index in [1.165, 1.54) is 11.8 Å². The Bertz CT molecular complexity index is 782. The van der Waals surface area contributed by atoms with Crippen molar-refractivity contribution in [2.75, 3.05) is 18.2 Å². The third-order valence-corrected chi connectivity index (χ3v) is 4.85. The van der Waals surface area contributed by atoms with Crippen LogP contribution in [0.2, 0.25) is 5.02 Å². The topological polar surface area (TPSA) is 75.6 Å². The number of rotatable bonds is 9. The Kier molecular flexibility index (Phi) is 7.81. The molecule has 0 heterocycles. The van der Waals surface area contributed by atoms with E-state index in [2.05, 4.69) is 5.32 Å². The van der Waals surface area contributed by atoms with Gasteiger partial charge in [0.15, 0.2) is 0 Å². The minimum absolute atomic E-state index is 0.0566. The molecule has 0 saturated heterocycles. The number of carboxylic acids is 1. The summed E-state index contributed by atoms with van der Waals surface area (Å²) in [6, 6.07) is 12.9. The standard InChI is InChI=1S/C19H20ClNO4S/c1-25-17-7-5-13(10-16(17)20)6-8-18(22)21-15-4-2-3-14(9-15)11-26-12-19(23)24/h2-5,7,9-10H,6,8,11-12H2,1H3,(H,21,22)(H,23,24). The van der Waals surface area contributed by atoms with Gasteiger partial charge in [0.2, 0.25) is 5.91 Å². The van der Waals surface area contributed by atoms with Crippen LogP contribution in [0.3, 0.4) is 0 Å². The van der Waals surface area contributed by atoms with E-state index >= 15 is 0 Å². The molecular formula is C19H20ClNO4S. The number of thioether (sulfide) groups is 1. The number of carboxylic acid groups (broad SMARTS) is 1. The van der Waals surface area contributed by atoms with Gasteiger partial charge in [0.1, 0.15) is 5.75 Å². The van der Waals surface area contributed by atoms with Crippen LogP contribution in [0, 0.1) is 0 Å². The van der Waals surface area contributed by atoms with Gasteiger partial charge >= 0.3 is 5.97 Å². The number of nitrogens with one attached hydrogen (secondary N) is 1. The van der Waals surface area contributed by atoms with E-state index in [4.69, 9.17) is 21.4 Å².